The molecule has 0 unspecified atom stereocenters. The van der Waals surface area contributed by atoms with Gasteiger partial charge in [0.25, 0.3) is 0 Å². The summed E-state index contributed by atoms with van der Waals surface area (Å²) in [5.74, 6) is -0.672. The quantitative estimate of drug-likeness (QED) is 0.528. The summed E-state index contributed by atoms with van der Waals surface area (Å²) >= 11 is 2.96. The van der Waals surface area contributed by atoms with Crippen molar-refractivity contribution in [3.63, 3.8) is 0 Å². The van der Waals surface area contributed by atoms with Crippen molar-refractivity contribution < 1.29 is 9.90 Å². The molecule has 0 amide bonds. The zero-order valence-electron chi connectivity index (χ0n) is 6.71. The van der Waals surface area contributed by atoms with Crippen molar-refractivity contribution >= 4 is 22.0 Å². The second kappa shape index (κ2) is 8.09. The number of carbonyl (C=O) groups is 1. The standard InChI is InChI=1S/C8H15O2Se/c9-8(10)6-4-2-1-3-5-7-11/h1-7H2,(H,9,10). The van der Waals surface area contributed by atoms with Gasteiger partial charge >= 0.3 is 75.7 Å². The molecule has 11 heavy (non-hydrogen) atoms. The number of carboxylic acid groups (broad SMARTS) is 1. The van der Waals surface area contributed by atoms with E-state index in [4.69, 9.17) is 5.11 Å². The van der Waals surface area contributed by atoms with Gasteiger partial charge in [0.05, 0.1) is 0 Å². The van der Waals surface area contributed by atoms with E-state index in [1.54, 1.807) is 0 Å². The minimum atomic E-state index is -0.672. The molecule has 2 nitrogen and oxygen atoms in total. The average molecular weight is 222 g/mol. The summed E-state index contributed by atoms with van der Waals surface area (Å²) in [7, 11) is 0. The van der Waals surface area contributed by atoms with Crippen molar-refractivity contribution in [1.29, 1.82) is 0 Å². The summed E-state index contributed by atoms with van der Waals surface area (Å²) in [5, 5.41) is 9.44. The predicted molar refractivity (Wildman–Crippen MR) is 45.9 cm³/mol. The molecule has 0 aromatic heterocycles. The van der Waals surface area contributed by atoms with Crippen LogP contribution in [0.3, 0.4) is 0 Å². The van der Waals surface area contributed by atoms with E-state index in [9.17, 15) is 4.79 Å². The first-order chi connectivity index (χ1) is 5.27. The molecule has 0 saturated carbocycles. The van der Waals surface area contributed by atoms with Gasteiger partial charge in [-0.1, -0.05) is 0 Å². The van der Waals surface area contributed by atoms with Crippen LogP contribution in [-0.2, 0) is 4.79 Å². The molecule has 0 aliphatic carbocycles. The van der Waals surface area contributed by atoms with Crippen LogP contribution in [0.25, 0.3) is 0 Å². The van der Waals surface area contributed by atoms with Gasteiger partial charge in [0.15, 0.2) is 0 Å². The second-order valence-electron chi connectivity index (χ2n) is 2.62. The van der Waals surface area contributed by atoms with Crippen molar-refractivity contribution in [2.24, 2.45) is 0 Å². The molecule has 0 aromatic carbocycles. The zero-order chi connectivity index (χ0) is 8.53. The fraction of sp³-hybridized carbons (Fsp3) is 0.875. The van der Waals surface area contributed by atoms with Crippen molar-refractivity contribution in [3.8, 4) is 0 Å². The van der Waals surface area contributed by atoms with Gasteiger partial charge < -0.3 is 0 Å². The fourth-order valence-corrected chi connectivity index (χ4v) is 1.34. The molecule has 1 N–H and O–H groups in total. The first-order valence-corrected chi connectivity index (χ1v) is 5.28. The molecule has 0 spiro atoms. The van der Waals surface area contributed by atoms with E-state index >= 15 is 0 Å². The Kier molecular flexibility index (Phi) is 8.08. The molecule has 0 heterocycles. The van der Waals surface area contributed by atoms with Crippen LogP contribution in [0, 0.1) is 0 Å². The number of hydrogen-bond donors (Lipinski definition) is 1. The molecule has 0 bridgehead atoms. The monoisotopic (exact) mass is 223 g/mol. The van der Waals surface area contributed by atoms with E-state index < -0.39 is 5.97 Å². The van der Waals surface area contributed by atoms with Crippen LogP contribution in [0.2, 0.25) is 5.32 Å². The molecule has 0 fully saturated rings. The summed E-state index contributed by atoms with van der Waals surface area (Å²) in [6.07, 6.45) is 5.86. The Hall–Kier alpha value is -0.0105. The third kappa shape index (κ3) is 9.99. The van der Waals surface area contributed by atoms with Crippen LogP contribution in [0.5, 0.6) is 0 Å². The molecule has 0 aliphatic rings. The second-order valence-corrected chi connectivity index (χ2v) is 3.47. The summed E-state index contributed by atoms with van der Waals surface area (Å²) in [4.78, 5) is 10.1. The van der Waals surface area contributed by atoms with Gasteiger partial charge in [-0.05, 0) is 0 Å². The molecule has 0 aliphatic heterocycles. The summed E-state index contributed by atoms with van der Waals surface area (Å²) in [6.45, 7) is 0. The third-order valence-corrected chi connectivity index (χ3v) is 2.14. The Morgan fingerprint density at radius 2 is 1.64 bits per heavy atom. The number of rotatable bonds is 7. The Labute approximate surface area is 76.2 Å². The molecular formula is C8H15O2Se. The van der Waals surface area contributed by atoms with Crippen molar-refractivity contribution in [2.45, 2.75) is 43.8 Å². The van der Waals surface area contributed by atoms with Gasteiger partial charge in [-0.2, -0.15) is 0 Å². The van der Waals surface area contributed by atoms with E-state index in [1.165, 1.54) is 19.3 Å². The molecule has 0 atom stereocenters. The molecular weight excluding hydrogens is 207 g/mol. The number of aliphatic carboxylic acids is 1. The van der Waals surface area contributed by atoms with Gasteiger partial charge in [-0.25, -0.2) is 0 Å². The van der Waals surface area contributed by atoms with E-state index in [0.29, 0.717) is 6.42 Å². The van der Waals surface area contributed by atoms with Gasteiger partial charge in [0.1, 0.15) is 0 Å². The number of carboxylic acids is 1. The van der Waals surface area contributed by atoms with Gasteiger partial charge in [-0.3, -0.25) is 0 Å². The van der Waals surface area contributed by atoms with Crippen LogP contribution in [0.4, 0.5) is 0 Å². The Morgan fingerprint density at radius 3 is 2.18 bits per heavy atom. The Balaban J connectivity index is 2.85. The van der Waals surface area contributed by atoms with Crippen molar-refractivity contribution in [3.05, 3.63) is 0 Å². The molecule has 1 radical (unpaired) electrons. The summed E-state index contributed by atoms with van der Waals surface area (Å²) in [5.41, 5.74) is 0. The third-order valence-electron chi connectivity index (χ3n) is 1.53. The molecule has 0 saturated heterocycles. The topological polar surface area (TPSA) is 37.3 Å². The fourth-order valence-electron chi connectivity index (χ4n) is 0.909. The summed E-state index contributed by atoms with van der Waals surface area (Å²) < 4.78 is 0. The minimum absolute atomic E-state index is 0.332. The average Bonchev–Trinajstić information content (AvgIpc) is 1.96. The first kappa shape index (κ1) is 11.0. The van der Waals surface area contributed by atoms with Crippen LogP contribution in [0.1, 0.15) is 38.5 Å². The van der Waals surface area contributed by atoms with Crippen LogP contribution >= 0.6 is 0 Å². The normalized spacial score (nSPS) is 9.91. The molecule has 3 heteroatoms. The van der Waals surface area contributed by atoms with Crippen molar-refractivity contribution in [1.82, 2.24) is 0 Å². The van der Waals surface area contributed by atoms with E-state index in [1.807, 2.05) is 0 Å². The van der Waals surface area contributed by atoms with Crippen LogP contribution in [0.15, 0.2) is 0 Å². The number of hydrogen-bond acceptors (Lipinski definition) is 1. The maximum absolute atomic E-state index is 10.1. The molecule has 0 aromatic rings. The molecule has 65 valence electrons. The summed E-state index contributed by atoms with van der Waals surface area (Å²) in [6, 6.07) is 0. The van der Waals surface area contributed by atoms with Crippen molar-refractivity contribution in [2.75, 3.05) is 0 Å². The maximum atomic E-state index is 10.1. The van der Waals surface area contributed by atoms with E-state index in [0.717, 1.165) is 18.2 Å². The van der Waals surface area contributed by atoms with Gasteiger partial charge in [0.2, 0.25) is 0 Å². The Bertz CT molecular complexity index is 104. The van der Waals surface area contributed by atoms with Gasteiger partial charge in [0, 0.05) is 0 Å². The van der Waals surface area contributed by atoms with Gasteiger partial charge in [-0.15, -0.1) is 0 Å². The molecule has 0 rings (SSSR count). The number of unbranched alkanes of at least 4 members (excludes halogenated alkanes) is 4. The van der Waals surface area contributed by atoms with Crippen LogP contribution in [-0.4, -0.2) is 27.1 Å². The van der Waals surface area contributed by atoms with E-state index in [2.05, 4.69) is 16.0 Å². The SMILES string of the molecule is O=C(O)CCCCCCC[Se]. The van der Waals surface area contributed by atoms with Crippen LogP contribution < -0.4 is 0 Å². The zero-order valence-corrected chi connectivity index (χ0v) is 8.43. The predicted octanol–water partition coefficient (Wildman–Crippen LogP) is 2.00. The first-order valence-electron chi connectivity index (χ1n) is 4.07. The Morgan fingerprint density at radius 1 is 1.09 bits per heavy atom. The van der Waals surface area contributed by atoms with E-state index in [-0.39, 0.29) is 0 Å².